The monoisotopic (exact) mass is 919 g/mol. The maximum Gasteiger partial charge on any atom is 1.00 e. The number of hydrogen-bond acceptors (Lipinski definition) is 15. The minimum absolute atomic E-state index is 0. The zero-order valence-electron chi connectivity index (χ0n) is 34.3. The summed E-state index contributed by atoms with van der Waals surface area (Å²) in [7, 11) is -6.69. The van der Waals surface area contributed by atoms with E-state index in [2.05, 4.69) is 23.6 Å². The second-order valence-corrected chi connectivity index (χ2v) is 19.9. The van der Waals surface area contributed by atoms with Crippen LogP contribution in [0.1, 0.15) is 71.4 Å². The Morgan fingerprint density at radius 2 is 1.66 bits per heavy atom. The smallest absolute Gasteiger partial charge is 0.748 e. The number of carbonyl (C=O) groups excluding carboxylic acids is 1. The van der Waals surface area contributed by atoms with Crippen molar-refractivity contribution in [3.63, 3.8) is 0 Å². The Kier molecular flexibility index (Phi) is 20.4. The first-order valence-electron chi connectivity index (χ1n) is 18.4. The molecule has 0 spiro atoms. The maximum atomic E-state index is 13.6. The van der Waals surface area contributed by atoms with Gasteiger partial charge in [-0.05, 0) is 75.6 Å². The van der Waals surface area contributed by atoms with E-state index in [4.69, 9.17) is 5.26 Å². The summed E-state index contributed by atoms with van der Waals surface area (Å²) in [5, 5.41) is 26.1. The largest absolute Gasteiger partial charge is 1.00 e. The van der Waals surface area contributed by atoms with E-state index in [9.17, 15) is 31.4 Å². The van der Waals surface area contributed by atoms with Crippen LogP contribution in [-0.2, 0) is 54.5 Å². The number of Topliss-reactive ketones (excluding diaryl/α,β-unsaturated/α-hetero) is 1. The Hall–Kier alpha value is -1.54. The third-order valence-corrected chi connectivity index (χ3v) is 13.8. The second-order valence-electron chi connectivity index (χ2n) is 14.8. The van der Waals surface area contributed by atoms with Crippen LogP contribution in [0.25, 0.3) is 0 Å². The van der Waals surface area contributed by atoms with Crippen LogP contribution in [0.5, 0.6) is 0 Å². The number of hydrogen-bond donors (Lipinski definition) is 1. The molecule has 2 aliphatic heterocycles. The Bertz CT molecular complexity index is 2170. The van der Waals surface area contributed by atoms with Crippen molar-refractivity contribution in [2.45, 2.75) is 80.9 Å². The van der Waals surface area contributed by atoms with Gasteiger partial charge in [-0.25, -0.2) is 26.4 Å². The number of nitrogens with zero attached hydrogens (tertiary/aromatic N) is 3. The van der Waals surface area contributed by atoms with Crippen molar-refractivity contribution in [2.75, 3.05) is 43.1 Å². The molecule has 0 radical (unpaired) electrons. The van der Waals surface area contributed by atoms with Crippen LogP contribution in [0.4, 0.5) is 11.4 Å². The van der Waals surface area contributed by atoms with Gasteiger partial charge in [0, 0.05) is 95.9 Å². The average molecular weight is 920 g/mol. The molecule has 20 heteroatoms. The summed E-state index contributed by atoms with van der Waals surface area (Å²) >= 11 is 1.74. The first kappa shape index (κ1) is 51.8. The van der Waals surface area contributed by atoms with Gasteiger partial charge in [0.15, 0.2) is 5.71 Å². The van der Waals surface area contributed by atoms with Crippen molar-refractivity contribution < 1.29 is 111 Å². The molecule has 0 bridgehead atoms. The Morgan fingerprint density at radius 3 is 2.34 bits per heavy atom. The summed E-state index contributed by atoms with van der Waals surface area (Å²) in [6.07, 6.45) is 14.8. The van der Waals surface area contributed by atoms with Crippen molar-refractivity contribution >= 4 is 67.1 Å². The van der Waals surface area contributed by atoms with Crippen molar-refractivity contribution in [3.8, 4) is 0 Å². The number of allylic oxidation sites excluding steroid dienone is 8. The van der Waals surface area contributed by atoms with Crippen LogP contribution in [0.3, 0.4) is 0 Å². The van der Waals surface area contributed by atoms with E-state index in [0.29, 0.717) is 43.0 Å². The fourth-order valence-electron chi connectivity index (χ4n) is 7.13. The van der Waals surface area contributed by atoms with E-state index in [1.54, 1.807) is 18.2 Å². The van der Waals surface area contributed by atoms with Crippen molar-refractivity contribution in [2.24, 2.45) is 0 Å². The van der Waals surface area contributed by atoms with Gasteiger partial charge in [-0.15, -0.1) is 4.33 Å². The fraction of sp³-hybridized carbons (Fsp3) is 0.436. The summed E-state index contributed by atoms with van der Waals surface area (Å²) in [6.45, 7) is 10.7. The molecule has 0 atom stereocenters. The van der Waals surface area contributed by atoms with Crippen LogP contribution in [-0.4, -0.2) is 85.2 Å². The molecule has 0 amide bonds. The molecule has 0 aliphatic carbocycles. The van der Waals surface area contributed by atoms with Crippen LogP contribution in [0, 0.1) is 0 Å². The molecule has 59 heavy (non-hydrogen) atoms. The molecule has 2 aliphatic rings. The molecule has 2 heterocycles. The second kappa shape index (κ2) is 23.2. The molecule has 2 aromatic carbocycles. The Balaban J connectivity index is 0.00000930. The first-order chi connectivity index (χ1) is 27.4. The zero-order valence-corrected chi connectivity index (χ0v) is 40.7. The SMILES string of the molecule is CC(=O)CCCN(C)S(=O)(=O)c1ccc2c(c1)C(C)(C)\C(=C/C=C/C=C/C=C/C1=[N+](CCCS(=O)(=O)[O-])c3ccc(SOO[O-])cc3C1(C)C)N2CCCSOOO.[K+]. The number of fused-ring (bicyclic) bond motifs is 2. The number of anilines is 1. The van der Waals surface area contributed by atoms with Crippen LogP contribution < -0.4 is 61.5 Å². The molecule has 0 aromatic heterocycles. The molecular formula is C39H50KN3O12S4. The van der Waals surface area contributed by atoms with E-state index in [1.165, 1.54) is 18.3 Å². The third-order valence-electron chi connectivity index (χ3n) is 10.0. The molecule has 15 nitrogen and oxygen atoms in total. The van der Waals surface area contributed by atoms with Gasteiger partial charge in [-0.1, -0.05) is 49.3 Å². The van der Waals surface area contributed by atoms with Crippen molar-refractivity contribution in [1.29, 1.82) is 0 Å². The predicted molar refractivity (Wildman–Crippen MR) is 220 cm³/mol. The number of benzene rings is 2. The summed E-state index contributed by atoms with van der Waals surface area (Å²) in [4.78, 5) is 14.4. The van der Waals surface area contributed by atoms with Crippen LogP contribution in [0.15, 0.2) is 94.4 Å². The van der Waals surface area contributed by atoms with Crippen LogP contribution >= 0.6 is 24.1 Å². The van der Waals surface area contributed by atoms with Crippen LogP contribution in [0.2, 0.25) is 0 Å². The zero-order chi connectivity index (χ0) is 42.7. The molecule has 0 saturated heterocycles. The van der Waals surface area contributed by atoms with E-state index in [0.717, 1.165) is 58.0 Å². The topological polar surface area (TPSA) is 198 Å². The first-order valence-corrected chi connectivity index (χ1v) is 23.1. The van der Waals surface area contributed by atoms with Gasteiger partial charge in [0.2, 0.25) is 15.7 Å². The molecule has 0 fully saturated rings. The van der Waals surface area contributed by atoms with Gasteiger partial charge in [0.1, 0.15) is 12.3 Å². The summed E-state index contributed by atoms with van der Waals surface area (Å²) in [6, 6.07) is 10.6. The van der Waals surface area contributed by atoms with E-state index in [1.807, 2.05) is 93.0 Å². The average Bonchev–Trinajstić information content (AvgIpc) is 3.50. The molecule has 1 N–H and O–H groups in total. The molecule has 0 saturated carbocycles. The van der Waals surface area contributed by atoms with Gasteiger partial charge < -0.3 is 19.5 Å². The molecular weight excluding hydrogens is 870 g/mol. The molecule has 4 rings (SSSR count). The van der Waals surface area contributed by atoms with Crippen molar-refractivity contribution in [1.82, 2.24) is 4.31 Å². The minimum atomic E-state index is -4.39. The van der Waals surface area contributed by atoms with E-state index < -0.39 is 36.7 Å². The Labute approximate surface area is 398 Å². The molecule has 2 aromatic rings. The standard InChI is InChI=1S/C39H51N3O12S4.K/c1-29(43)15-12-22-40(6)58(49,50)31-19-21-35-33(28-31)39(4,5)37(41(35)23-13-25-55-53-51-44)17-11-9-7-8-10-16-36-38(2,3)32-27-30(56-54-52-45)18-20-34(32)42(36)24-14-26-57(46,47)48;/h7-11,16-21,27-28H,12-15,22-26H2,1-6H3,(H2-,44,45,46,47,48);/q;+1/p-1. The minimum Gasteiger partial charge on any atom is -0.748 e. The fourth-order valence-corrected chi connectivity index (χ4v) is 9.60. The molecule has 318 valence electrons. The number of carbonyl (C=O) groups is 1. The number of ketones is 1. The van der Waals surface area contributed by atoms with Crippen molar-refractivity contribution in [3.05, 3.63) is 95.8 Å². The Morgan fingerprint density at radius 1 is 0.949 bits per heavy atom. The number of sulfonamides is 1. The van der Waals surface area contributed by atoms with Gasteiger partial charge in [-0.3, -0.25) is 5.04 Å². The van der Waals surface area contributed by atoms with E-state index in [-0.39, 0.29) is 75.0 Å². The van der Waals surface area contributed by atoms with E-state index >= 15 is 0 Å². The maximum absolute atomic E-state index is 13.6. The number of rotatable bonds is 23. The normalized spacial score (nSPS) is 16.9. The van der Waals surface area contributed by atoms with Gasteiger partial charge in [0.05, 0.1) is 32.5 Å². The predicted octanol–water partition coefficient (Wildman–Crippen LogP) is 3.03. The quantitative estimate of drug-likeness (QED) is 0.0249. The van der Waals surface area contributed by atoms with Gasteiger partial charge in [-0.2, -0.15) is 8.91 Å². The molecule has 0 unspecified atom stereocenters. The van der Waals surface area contributed by atoms with Gasteiger partial charge >= 0.3 is 51.4 Å². The summed E-state index contributed by atoms with van der Waals surface area (Å²) in [5.74, 6) is 0.0297. The summed E-state index contributed by atoms with van der Waals surface area (Å²) < 4.78 is 73.6. The summed E-state index contributed by atoms with van der Waals surface area (Å²) in [5.41, 5.74) is 4.19. The van der Waals surface area contributed by atoms with Gasteiger partial charge in [0.25, 0.3) is 0 Å². The third kappa shape index (κ3) is 13.7.